The molecular weight excluding hydrogens is 460 g/mol. The molecule has 0 aliphatic carbocycles. The fourth-order valence-corrected chi connectivity index (χ4v) is 4.95. The Labute approximate surface area is 207 Å². The van der Waals surface area contributed by atoms with Crippen molar-refractivity contribution in [2.45, 2.75) is 24.8 Å². The molecule has 176 valence electrons. The van der Waals surface area contributed by atoms with Crippen molar-refractivity contribution in [3.8, 4) is 5.75 Å². The van der Waals surface area contributed by atoms with Crippen LogP contribution < -0.4 is 10.1 Å². The van der Waals surface area contributed by atoms with E-state index in [0.29, 0.717) is 17.5 Å². The Bertz CT molecular complexity index is 1340. The van der Waals surface area contributed by atoms with Crippen LogP contribution in [0.2, 0.25) is 0 Å². The standard InChI is InChI=1S/C27H24N4O3S/c1-17(25(32)28-16-18-9-8-12-20(15-18)34-2)35-27-29-22-14-7-6-13-21(22)24-30-23(26(33)31(24)27)19-10-4-3-5-11-19/h3-15,17,23H,16H2,1-2H3,(H,28,32)/t17-,23+/m0/s1. The third-order valence-electron chi connectivity index (χ3n) is 5.84. The van der Waals surface area contributed by atoms with Crippen LogP contribution >= 0.6 is 11.8 Å². The van der Waals surface area contributed by atoms with E-state index >= 15 is 0 Å². The Hall–Kier alpha value is -3.91. The van der Waals surface area contributed by atoms with Crippen LogP contribution in [-0.4, -0.2) is 40.1 Å². The second kappa shape index (κ2) is 9.76. The summed E-state index contributed by atoms with van der Waals surface area (Å²) in [5.41, 5.74) is 3.30. The van der Waals surface area contributed by atoms with Crippen LogP contribution in [0.1, 0.15) is 29.7 Å². The lowest BCUT2D eigenvalue weighted by atomic mass is 10.1. The molecule has 2 heterocycles. The average molecular weight is 485 g/mol. The van der Waals surface area contributed by atoms with E-state index in [1.807, 2.05) is 78.9 Å². The average Bonchev–Trinajstić information content (AvgIpc) is 3.25. The van der Waals surface area contributed by atoms with E-state index in [2.05, 4.69) is 5.32 Å². The highest BCUT2D eigenvalue weighted by atomic mass is 32.2. The topological polar surface area (TPSA) is 83.4 Å². The molecule has 3 aromatic rings. The van der Waals surface area contributed by atoms with E-state index in [9.17, 15) is 9.59 Å². The molecule has 0 fully saturated rings. The van der Waals surface area contributed by atoms with E-state index < -0.39 is 11.3 Å². The van der Waals surface area contributed by atoms with E-state index in [1.54, 1.807) is 18.9 Å². The zero-order valence-electron chi connectivity index (χ0n) is 19.3. The van der Waals surface area contributed by atoms with E-state index in [0.717, 1.165) is 28.1 Å². The highest BCUT2D eigenvalue weighted by molar-refractivity contribution is 8.15. The van der Waals surface area contributed by atoms with Gasteiger partial charge in [-0.1, -0.05) is 66.4 Å². The maximum absolute atomic E-state index is 13.5. The van der Waals surface area contributed by atoms with Crippen molar-refractivity contribution in [3.05, 3.63) is 95.6 Å². The summed E-state index contributed by atoms with van der Waals surface area (Å²) in [5, 5.41) is 2.94. The minimum atomic E-state index is -0.639. The summed E-state index contributed by atoms with van der Waals surface area (Å²) >= 11 is 1.25. The molecule has 0 saturated heterocycles. The molecule has 2 amide bonds. The molecular formula is C27H24N4O3S. The van der Waals surface area contributed by atoms with Crippen LogP contribution in [0.5, 0.6) is 5.75 Å². The molecule has 0 saturated carbocycles. The third-order valence-corrected chi connectivity index (χ3v) is 6.89. The van der Waals surface area contributed by atoms with Crippen molar-refractivity contribution >= 4 is 40.3 Å². The SMILES string of the molecule is COc1cccc(CNC(=O)[C@H](C)SC2=Nc3ccccc3C3=N[C@H](c4ccccc4)C(=O)N23)c1. The zero-order chi connectivity index (χ0) is 24.4. The molecule has 0 spiro atoms. The molecule has 1 N–H and O–H groups in total. The Balaban J connectivity index is 1.36. The number of hydrogen-bond acceptors (Lipinski definition) is 6. The van der Waals surface area contributed by atoms with Gasteiger partial charge >= 0.3 is 0 Å². The van der Waals surface area contributed by atoms with Gasteiger partial charge in [0.1, 0.15) is 11.6 Å². The number of amides is 2. The third kappa shape index (κ3) is 4.57. The number of ether oxygens (including phenoxy) is 1. The number of hydrogen-bond donors (Lipinski definition) is 1. The number of amidine groups is 2. The first-order chi connectivity index (χ1) is 17.0. The van der Waals surface area contributed by atoms with Gasteiger partial charge in [0.25, 0.3) is 5.91 Å². The summed E-state index contributed by atoms with van der Waals surface area (Å²) < 4.78 is 5.25. The van der Waals surface area contributed by atoms with E-state index in [4.69, 9.17) is 14.7 Å². The molecule has 35 heavy (non-hydrogen) atoms. The maximum Gasteiger partial charge on any atom is 0.263 e. The summed E-state index contributed by atoms with van der Waals surface area (Å²) in [4.78, 5) is 37.5. The second-order valence-electron chi connectivity index (χ2n) is 8.18. The van der Waals surface area contributed by atoms with Crippen molar-refractivity contribution < 1.29 is 14.3 Å². The summed E-state index contributed by atoms with van der Waals surface area (Å²) in [6.07, 6.45) is 0. The number of para-hydroxylation sites is 1. The molecule has 3 aromatic carbocycles. The summed E-state index contributed by atoms with van der Waals surface area (Å²) in [5.74, 6) is 0.989. The van der Waals surface area contributed by atoms with Gasteiger partial charge in [-0.25, -0.2) is 14.9 Å². The smallest absolute Gasteiger partial charge is 0.263 e. The highest BCUT2D eigenvalue weighted by Crippen LogP contribution is 2.38. The Morgan fingerprint density at radius 1 is 1.09 bits per heavy atom. The molecule has 2 atom stereocenters. The fourth-order valence-electron chi connectivity index (χ4n) is 4.01. The second-order valence-corrected chi connectivity index (χ2v) is 9.49. The molecule has 0 unspecified atom stereocenters. The van der Waals surface area contributed by atoms with Crippen molar-refractivity contribution in [1.29, 1.82) is 0 Å². The lowest BCUT2D eigenvalue weighted by molar-refractivity contribution is -0.124. The first kappa shape index (κ1) is 22.9. The first-order valence-electron chi connectivity index (χ1n) is 11.3. The van der Waals surface area contributed by atoms with Crippen molar-refractivity contribution in [3.63, 3.8) is 0 Å². The largest absolute Gasteiger partial charge is 0.497 e. The summed E-state index contributed by atoms with van der Waals surface area (Å²) in [7, 11) is 1.61. The van der Waals surface area contributed by atoms with Crippen LogP contribution in [0, 0.1) is 0 Å². The number of thioether (sulfide) groups is 1. The number of carbonyl (C=O) groups excluding carboxylic acids is 2. The molecule has 7 nitrogen and oxygen atoms in total. The van der Waals surface area contributed by atoms with E-state index in [-0.39, 0.29) is 11.8 Å². The van der Waals surface area contributed by atoms with Crippen molar-refractivity contribution in [1.82, 2.24) is 10.2 Å². The van der Waals surface area contributed by atoms with Gasteiger partial charge in [0.15, 0.2) is 11.2 Å². The Morgan fingerprint density at radius 2 is 1.86 bits per heavy atom. The van der Waals surface area contributed by atoms with Gasteiger partial charge in [0.05, 0.1) is 18.0 Å². The summed E-state index contributed by atoms with van der Waals surface area (Å²) in [6, 6.07) is 24.0. The minimum absolute atomic E-state index is 0.149. The number of nitrogens with one attached hydrogen (secondary N) is 1. The van der Waals surface area contributed by atoms with Gasteiger partial charge in [-0.05, 0) is 42.3 Å². The number of aliphatic imine (C=N–C) groups is 2. The first-order valence-corrected chi connectivity index (χ1v) is 12.1. The van der Waals surface area contributed by atoms with Gasteiger partial charge in [-0.15, -0.1) is 0 Å². The quantitative estimate of drug-likeness (QED) is 0.560. The van der Waals surface area contributed by atoms with Crippen molar-refractivity contribution in [2.24, 2.45) is 9.98 Å². The van der Waals surface area contributed by atoms with Gasteiger partial charge in [0.2, 0.25) is 5.91 Å². The van der Waals surface area contributed by atoms with Crippen molar-refractivity contribution in [2.75, 3.05) is 7.11 Å². The zero-order valence-corrected chi connectivity index (χ0v) is 20.2. The molecule has 8 heteroatoms. The van der Waals surface area contributed by atoms with Gasteiger partial charge in [-0.3, -0.25) is 9.59 Å². The predicted molar refractivity (Wildman–Crippen MR) is 138 cm³/mol. The minimum Gasteiger partial charge on any atom is -0.497 e. The number of benzene rings is 3. The lowest BCUT2D eigenvalue weighted by Gasteiger charge is -2.26. The summed E-state index contributed by atoms with van der Waals surface area (Å²) in [6.45, 7) is 2.18. The highest BCUT2D eigenvalue weighted by Gasteiger charge is 2.42. The number of nitrogens with zero attached hydrogens (tertiary/aromatic N) is 3. The Morgan fingerprint density at radius 3 is 2.66 bits per heavy atom. The van der Waals surface area contributed by atoms with Crippen LogP contribution in [0.15, 0.2) is 88.8 Å². The lowest BCUT2D eigenvalue weighted by Crippen LogP contribution is -2.41. The molecule has 0 radical (unpaired) electrons. The molecule has 2 aliphatic heterocycles. The van der Waals surface area contributed by atoms with Gasteiger partial charge in [-0.2, -0.15) is 0 Å². The predicted octanol–water partition coefficient (Wildman–Crippen LogP) is 4.46. The van der Waals surface area contributed by atoms with Gasteiger partial charge in [0, 0.05) is 12.1 Å². The van der Waals surface area contributed by atoms with Gasteiger partial charge < -0.3 is 10.1 Å². The molecule has 5 rings (SSSR count). The number of fused-ring (bicyclic) bond motifs is 3. The number of methoxy groups -OCH3 is 1. The maximum atomic E-state index is 13.5. The monoisotopic (exact) mass is 484 g/mol. The van der Waals surface area contributed by atoms with Crippen LogP contribution in [0.3, 0.4) is 0 Å². The number of carbonyl (C=O) groups is 2. The number of rotatable bonds is 6. The fraction of sp³-hybridized carbons (Fsp3) is 0.185. The van der Waals surface area contributed by atoms with Crippen LogP contribution in [0.4, 0.5) is 5.69 Å². The van der Waals surface area contributed by atoms with Crippen LogP contribution in [0.25, 0.3) is 0 Å². The molecule has 2 aliphatic rings. The Kier molecular flexibility index (Phi) is 6.37. The van der Waals surface area contributed by atoms with Crippen LogP contribution in [-0.2, 0) is 16.1 Å². The van der Waals surface area contributed by atoms with E-state index in [1.165, 1.54) is 11.8 Å². The normalized spacial score (nSPS) is 17.1. The molecule has 0 aromatic heterocycles. The molecule has 0 bridgehead atoms.